The fourth-order valence-corrected chi connectivity index (χ4v) is 8.55. The molecule has 0 unspecified atom stereocenters. The van der Waals surface area contributed by atoms with Crippen molar-refractivity contribution in [3.05, 3.63) is 179 Å². The van der Waals surface area contributed by atoms with Gasteiger partial charge in [-0.15, -0.1) is 11.8 Å². The molecule has 0 bridgehead atoms. The molecule has 5 aromatic rings. The van der Waals surface area contributed by atoms with Gasteiger partial charge >= 0.3 is 5.97 Å². The molecule has 1 fully saturated rings. The minimum Gasteiger partial charge on any atom is -0.456 e. The number of carbonyl (C=O) groups excluding carboxylic acids is 1. The maximum Gasteiger partial charge on any atom is 0.303 e. The minimum absolute atomic E-state index is 0.105. The molecule has 5 aromatic carbocycles. The predicted octanol–water partition coefficient (Wildman–Crippen LogP) is 8.65. The first-order valence-electron chi connectivity index (χ1n) is 18.2. The number of thioether (sulfide) groups is 1. The highest BCUT2D eigenvalue weighted by Gasteiger charge is 2.50. The molecule has 0 N–H and O–H groups in total. The topological polar surface area (TPSA) is 72.5 Å². The molecule has 7 atom stereocenters. The summed E-state index contributed by atoms with van der Waals surface area (Å²) >= 11 is 1.64. The van der Waals surface area contributed by atoms with Gasteiger partial charge in [0, 0.05) is 6.92 Å². The van der Waals surface area contributed by atoms with E-state index in [9.17, 15) is 4.79 Å². The number of hydrogen-bond acceptors (Lipinski definition) is 8. The fourth-order valence-electron chi connectivity index (χ4n) is 6.99. The maximum absolute atomic E-state index is 12.4. The Hall–Kier alpha value is -4.28. The van der Waals surface area contributed by atoms with Crippen molar-refractivity contribution in [2.75, 3.05) is 6.61 Å². The Kier molecular flexibility index (Phi) is 13.0. The quantitative estimate of drug-likeness (QED) is 0.0935. The third kappa shape index (κ3) is 10.0. The van der Waals surface area contributed by atoms with Crippen LogP contribution in [-0.2, 0) is 66.1 Å². The van der Waals surface area contributed by atoms with Gasteiger partial charge in [0.1, 0.15) is 36.0 Å². The Morgan fingerprint density at radius 1 is 0.604 bits per heavy atom. The second kappa shape index (κ2) is 18.7. The largest absolute Gasteiger partial charge is 0.456 e. The van der Waals surface area contributed by atoms with Crippen molar-refractivity contribution in [2.45, 2.75) is 81.0 Å². The molecule has 1 saturated heterocycles. The molecule has 1 aliphatic carbocycles. The van der Waals surface area contributed by atoms with E-state index >= 15 is 0 Å². The van der Waals surface area contributed by atoms with Crippen molar-refractivity contribution < 1.29 is 33.2 Å². The highest BCUT2D eigenvalue weighted by Crippen LogP contribution is 2.46. The lowest BCUT2D eigenvalue weighted by Gasteiger charge is -2.46. The van der Waals surface area contributed by atoms with Crippen LogP contribution >= 0.6 is 11.8 Å². The summed E-state index contributed by atoms with van der Waals surface area (Å²) in [7, 11) is 0. The van der Waals surface area contributed by atoms with Gasteiger partial charge in [0.2, 0.25) is 0 Å². The lowest BCUT2D eigenvalue weighted by molar-refractivity contribution is -0.254. The number of fused-ring (bicyclic) bond motifs is 1. The molecule has 0 radical (unpaired) electrons. The van der Waals surface area contributed by atoms with E-state index in [-0.39, 0.29) is 17.8 Å². The summed E-state index contributed by atoms with van der Waals surface area (Å²) in [6, 6.07) is 48.7. The lowest BCUT2D eigenvalue weighted by atomic mass is 9.98. The van der Waals surface area contributed by atoms with Crippen LogP contribution in [0.2, 0.25) is 0 Å². The van der Waals surface area contributed by atoms with Crippen LogP contribution in [0.4, 0.5) is 0 Å². The Bertz CT molecular complexity index is 1840. The molecule has 53 heavy (non-hydrogen) atoms. The molecule has 1 heterocycles. The summed E-state index contributed by atoms with van der Waals surface area (Å²) in [4.78, 5) is 12.4. The summed E-state index contributed by atoms with van der Waals surface area (Å²) in [6.07, 6.45) is -1.80. The van der Waals surface area contributed by atoms with E-state index < -0.39 is 36.0 Å². The highest BCUT2D eigenvalue weighted by atomic mass is 32.2. The van der Waals surface area contributed by atoms with Gasteiger partial charge < -0.3 is 28.4 Å². The first-order chi connectivity index (χ1) is 26.1. The van der Waals surface area contributed by atoms with Gasteiger partial charge in [-0.25, -0.2) is 0 Å². The lowest BCUT2D eigenvalue weighted by Crippen LogP contribution is -2.60. The Morgan fingerprint density at radius 2 is 1.08 bits per heavy atom. The van der Waals surface area contributed by atoms with E-state index in [1.807, 2.05) is 91.0 Å². The predicted molar refractivity (Wildman–Crippen MR) is 206 cm³/mol. The van der Waals surface area contributed by atoms with Gasteiger partial charge in [0.25, 0.3) is 0 Å². The highest BCUT2D eigenvalue weighted by molar-refractivity contribution is 8.00. The standard InChI is InChI=1S/C45H46O7S/c1-32(46)51-41-38-25-15-14-24-37(38)26-40(41)53-45-44(50-30-36-22-12-5-13-23-36)43(49-29-35-20-10-4-11-21-35)42(48-28-34-18-8-3-9-19-34)39(52-45)31-47-27-33-16-6-2-7-17-33/h2-25,39-45H,26-31H2,1H3/t39-,40-,41+,42-,43+,44-,45+/m1/s1. The summed E-state index contributed by atoms with van der Waals surface area (Å²) in [6.45, 7) is 3.26. The Labute approximate surface area is 316 Å². The second-order valence-corrected chi connectivity index (χ2v) is 14.8. The first-order valence-corrected chi connectivity index (χ1v) is 19.2. The minimum atomic E-state index is -0.545. The zero-order chi connectivity index (χ0) is 36.2. The third-order valence-electron chi connectivity index (χ3n) is 9.56. The average Bonchev–Trinajstić information content (AvgIpc) is 3.53. The van der Waals surface area contributed by atoms with E-state index in [1.54, 1.807) is 11.8 Å². The van der Waals surface area contributed by atoms with Crippen LogP contribution in [0.25, 0.3) is 0 Å². The second-order valence-electron chi connectivity index (χ2n) is 13.4. The summed E-state index contributed by atoms with van der Waals surface area (Å²) in [5.74, 6) is -0.315. The van der Waals surface area contributed by atoms with Gasteiger partial charge in [0.05, 0.1) is 38.3 Å². The van der Waals surface area contributed by atoms with Crippen LogP contribution in [-0.4, -0.2) is 47.7 Å². The zero-order valence-electron chi connectivity index (χ0n) is 29.9. The van der Waals surface area contributed by atoms with Crippen LogP contribution < -0.4 is 0 Å². The number of rotatable bonds is 16. The van der Waals surface area contributed by atoms with E-state index in [0.29, 0.717) is 26.4 Å². The molecule has 7 rings (SSSR count). The van der Waals surface area contributed by atoms with Gasteiger partial charge in [-0.3, -0.25) is 4.79 Å². The average molecular weight is 731 g/mol. The van der Waals surface area contributed by atoms with Crippen molar-refractivity contribution in [1.82, 2.24) is 0 Å². The number of benzene rings is 5. The maximum atomic E-state index is 12.4. The molecule has 0 aromatic heterocycles. The van der Waals surface area contributed by atoms with Gasteiger partial charge in [-0.2, -0.15) is 0 Å². The molecule has 274 valence electrons. The number of carbonyl (C=O) groups is 1. The molecular formula is C45H46O7S. The van der Waals surface area contributed by atoms with Crippen LogP contribution in [0.5, 0.6) is 0 Å². The van der Waals surface area contributed by atoms with E-state index in [1.165, 1.54) is 6.92 Å². The molecule has 0 amide bonds. The number of esters is 1. The van der Waals surface area contributed by atoms with E-state index in [0.717, 1.165) is 39.8 Å². The van der Waals surface area contributed by atoms with Gasteiger partial charge in [-0.05, 0) is 39.8 Å². The third-order valence-corrected chi connectivity index (χ3v) is 11.0. The van der Waals surface area contributed by atoms with Crippen LogP contribution in [0.3, 0.4) is 0 Å². The van der Waals surface area contributed by atoms with Crippen molar-refractivity contribution in [3.8, 4) is 0 Å². The molecule has 7 nitrogen and oxygen atoms in total. The molecule has 1 aliphatic heterocycles. The first kappa shape index (κ1) is 37.1. The van der Waals surface area contributed by atoms with Crippen molar-refractivity contribution in [1.29, 1.82) is 0 Å². The molecule has 2 aliphatic rings. The van der Waals surface area contributed by atoms with Crippen molar-refractivity contribution >= 4 is 17.7 Å². The van der Waals surface area contributed by atoms with Crippen molar-refractivity contribution in [3.63, 3.8) is 0 Å². The molecule has 8 heteroatoms. The van der Waals surface area contributed by atoms with E-state index in [4.69, 9.17) is 28.4 Å². The Balaban J connectivity index is 1.22. The normalized spacial score (nSPS) is 23.7. The van der Waals surface area contributed by atoms with Gasteiger partial charge in [0.15, 0.2) is 0 Å². The van der Waals surface area contributed by atoms with Gasteiger partial charge in [-0.1, -0.05) is 146 Å². The SMILES string of the molecule is CC(=O)O[C@H]1c2ccccc2C[C@H]1S[C@@H]1O[C@H](COCc2ccccc2)[C@@H](OCc2ccccc2)[C@H](OCc2ccccc2)[C@H]1OCc1ccccc1. The smallest absolute Gasteiger partial charge is 0.303 e. The summed E-state index contributed by atoms with van der Waals surface area (Å²) in [5, 5.41) is -0.105. The fraction of sp³-hybridized carbons (Fsp3) is 0.311. The Morgan fingerprint density at radius 3 is 1.62 bits per heavy atom. The zero-order valence-corrected chi connectivity index (χ0v) is 30.7. The summed E-state index contributed by atoms with van der Waals surface area (Å²) < 4.78 is 40.1. The monoisotopic (exact) mass is 730 g/mol. The van der Waals surface area contributed by atoms with Crippen LogP contribution in [0.15, 0.2) is 146 Å². The van der Waals surface area contributed by atoms with E-state index in [2.05, 4.69) is 54.6 Å². The van der Waals surface area contributed by atoms with Crippen LogP contribution in [0.1, 0.15) is 46.4 Å². The van der Waals surface area contributed by atoms with Crippen molar-refractivity contribution in [2.24, 2.45) is 0 Å². The number of ether oxygens (including phenoxy) is 6. The molecular weight excluding hydrogens is 685 g/mol. The number of hydrogen-bond donors (Lipinski definition) is 0. The van der Waals surface area contributed by atoms with Crippen LogP contribution in [0, 0.1) is 0 Å². The molecule has 0 saturated carbocycles. The summed E-state index contributed by atoms with van der Waals surface area (Å²) in [5.41, 5.74) is 5.90. The molecule has 0 spiro atoms.